The molecular formula is C33H32N6O3. The number of nitrogens with two attached hydrogens (primary N) is 1. The van der Waals surface area contributed by atoms with Crippen molar-refractivity contribution in [3.8, 4) is 22.4 Å². The van der Waals surface area contributed by atoms with Gasteiger partial charge in [0, 0.05) is 40.6 Å². The van der Waals surface area contributed by atoms with E-state index in [0.717, 1.165) is 33.3 Å². The number of carbonyl (C=O) groups excluding carboxylic acids is 2. The number of pyridine rings is 3. The summed E-state index contributed by atoms with van der Waals surface area (Å²) in [4.78, 5) is 38.9. The third kappa shape index (κ3) is 6.42. The van der Waals surface area contributed by atoms with Crippen LogP contribution in [0.2, 0.25) is 0 Å². The molecule has 1 atom stereocenters. The zero-order chi connectivity index (χ0) is 29.7. The van der Waals surface area contributed by atoms with Crippen molar-refractivity contribution in [3.05, 3.63) is 114 Å². The van der Waals surface area contributed by atoms with Gasteiger partial charge in [-0.05, 0) is 61.7 Å². The van der Waals surface area contributed by atoms with Crippen LogP contribution in [0.25, 0.3) is 33.3 Å². The summed E-state index contributed by atoms with van der Waals surface area (Å²) in [7, 11) is 0. The van der Waals surface area contributed by atoms with Gasteiger partial charge in [0.25, 0.3) is 0 Å². The molecule has 212 valence electrons. The van der Waals surface area contributed by atoms with Crippen LogP contribution in [0.3, 0.4) is 0 Å². The Morgan fingerprint density at radius 1 is 0.905 bits per heavy atom. The topological polar surface area (TPSA) is 132 Å². The summed E-state index contributed by atoms with van der Waals surface area (Å²) in [6, 6.07) is 25.1. The lowest BCUT2D eigenvalue weighted by Gasteiger charge is -2.20. The molecule has 1 unspecified atom stereocenters. The maximum Gasteiger partial charge on any atom is 0.407 e. The van der Waals surface area contributed by atoms with Crippen molar-refractivity contribution < 1.29 is 14.3 Å². The molecule has 3 heterocycles. The molecule has 5 aromatic rings. The third-order valence-corrected chi connectivity index (χ3v) is 6.65. The summed E-state index contributed by atoms with van der Waals surface area (Å²) >= 11 is 0. The van der Waals surface area contributed by atoms with Gasteiger partial charge in [-0.3, -0.25) is 20.2 Å². The molecule has 4 N–H and O–H groups in total. The molecule has 2 aromatic carbocycles. The predicted octanol–water partition coefficient (Wildman–Crippen LogP) is 5.51. The molecule has 0 aliphatic heterocycles. The first-order valence-corrected chi connectivity index (χ1v) is 13.5. The number of amides is 2. The zero-order valence-electron chi connectivity index (χ0n) is 23.7. The summed E-state index contributed by atoms with van der Waals surface area (Å²) < 4.78 is 5.38. The van der Waals surface area contributed by atoms with Crippen LogP contribution in [0.15, 0.2) is 97.5 Å². The largest absolute Gasteiger partial charge is 0.445 e. The molecule has 5 rings (SSSR count). The molecule has 0 saturated carbocycles. The van der Waals surface area contributed by atoms with Crippen LogP contribution >= 0.6 is 0 Å². The van der Waals surface area contributed by atoms with Crippen molar-refractivity contribution >= 4 is 22.9 Å². The van der Waals surface area contributed by atoms with Crippen molar-refractivity contribution in [3.63, 3.8) is 0 Å². The van der Waals surface area contributed by atoms with Crippen LogP contribution in [0.4, 0.5) is 4.79 Å². The second-order valence-corrected chi connectivity index (χ2v) is 10.9. The van der Waals surface area contributed by atoms with Gasteiger partial charge in [-0.1, -0.05) is 54.6 Å². The highest BCUT2D eigenvalue weighted by Gasteiger charge is 2.26. The number of hydrogen-bond donors (Lipinski definition) is 3. The van der Waals surface area contributed by atoms with E-state index in [1.165, 1.54) is 0 Å². The highest BCUT2D eigenvalue weighted by molar-refractivity contribution is 5.97. The fourth-order valence-corrected chi connectivity index (χ4v) is 4.73. The number of alkyl carbamates (subject to hydrolysis) is 1. The van der Waals surface area contributed by atoms with Gasteiger partial charge in [0.15, 0.2) is 0 Å². The Morgan fingerprint density at radius 3 is 2.29 bits per heavy atom. The van der Waals surface area contributed by atoms with Gasteiger partial charge in [-0.25, -0.2) is 15.6 Å². The Bertz CT molecular complexity index is 1700. The van der Waals surface area contributed by atoms with Gasteiger partial charge < -0.3 is 10.1 Å². The fourth-order valence-electron chi connectivity index (χ4n) is 4.73. The van der Waals surface area contributed by atoms with Crippen molar-refractivity contribution in [1.29, 1.82) is 0 Å². The Morgan fingerprint density at radius 2 is 1.62 bits per heavy atom. The number of aromatic nitrogens is 3. The first-order chi connectivity index (χ1) is 20.2. The van der Waals surface area contributed by atoms with Crippen molar-refractivity contribution in [1.82, 2.24) is 25.7 Å². The summed E-state index contributed by atoms with van der Waals surface area (Å²) in [6.45, 7) is 5.84. The number of hydrogen-bond acceptors (Lipinski definition) is 7. The minimum atomic E-state index is -0.757. The lowest BCUT2D eigenvalue weighted by Crippen LogP contribution is -2.40. The van der Waals surface area contributed by atoms with Crippen LogP contribution in [-0.4, -0.2) is 32.5 Å². The average molecular weight is 561 g/mol. The Labute approximate surface area is 244 Å². The standard InChI is InChI=1S/C33H32N6O3/c1-33(2,3)38-32(41)42-20-21-9-11-24(12-10-21)29-25(22-7-5-4-6-8-22)19-26-27(37-29)15-18-36-30(26)28(31(40)39-34)23-13-16-35-17-14-23/h4-19,28H,20,34H2,1-3H3,(H,38,41)(H,39,40). The summed E-state index contributed by atoms with van der Waals surface area (Å²) in [5, 5.41) is 3.53. The molecule has 0 aliphatic rings. The minimum Gasteiger partial charge on any atom is -0.445 e. The van der Waals surface area contributed by atoms with E-state index in [1.807, 2.05) is 87.5 Å². The number of nitrogens with zero attached hydrogens (tertiary/aromatic N) is 3. The lowest BCUT2D eigenvalue weighted by molar-refractivity contribution is -0.121. The molecule has 0 saturated heterocycles. The predicted molar refractivity (Wildman–Crippen MR) is 162 cm³/mol. The molecule has 0 spiro atoms. The Kier molecular flexibility index (Phi) is 8.21. The van der Waals surface area contributed by atoms with Gasteiger partial charge >= 0.3 is 6.09 Å². The van der Waals surface area contributed by atoms with Gasteiger partial charge in [0.05, 0.1) is 16.9 Å². The second kappa shape index (κ2) is 12.2. The lowest BCUT2D eigenvalue weighted by atomic mass is 9.90. The number of nitrogens with one attached hydrogen (secondary N) is 2. The Balaban J connectivity index is 1.58. The quantitative estimate of drug-likeness (QED) is 0.136. The van der Waals surface area contributed by atoms with Crippen molar-refractivity contribution in [2.45, 2.75) is 38.8 Å². The molecule has 0 radical (unpaired) electrons. The van der Waals surface area contributed by atoms with Crippen LogP contribution in [0.5, 0.6) is 0 Å². The summed E-state index contributed by atoms with van der Waals surface area (Å²) in [5.41, 5.74) is 8.21. The van der Waals surface area contributed by atoms with E-state index in [-0.39, 0.29) is 18.1 Å². The SMILES string of the molecule is CC(C)(C)NC(=O)OCc1ccc(-c2nc3ccnc(C(C(=O)NN)c4ccncc4)c3cc2-c2ccccc2)cc1. The first kappa shape index (κ1) is 28.4. The van der Waals surface area contributed by atoms with Crippen molar-refractivity contribution in [2.75, 3.05) is 0 Å². The summed E-state index contributed by atoms with van der Waals surface area (Å²) in [6.07, 6.45) is 4.45. The highest BCUT2D eigenvalue weighted by Crippen LogP contribution is 2.36. The summed E-state index contributed by atoms with van der Waals surface area (Å²) in [5.74, 6) is 4.46. The number of ether oxygens (including phenoxy) is 1. The third-order valence-electron chi connectivity index (χ3n) is 6.65. The van der Waals surface area contributed by atoms with Crippen LogP contribution in [0, 0.1) is 0 Å². The molecule has 9 nitrogen and oxygen atoms in total. The maximum atomic E-state index is 13.0. The molecule has 0 aliphatic carbocycles. The average Bonchev–Trinajstić information content (AvgIpc) is 3.00. The molecule has 0 fully saturated rings. The minimum absolute atomic E-state index is 0.146. The van der Waals surface area contributed by atoms with Crippen LogP contribution in [0.1, 0.15) is 43.5 Å². The fraction of sp³-hybridized carbons (Fsp3) is 0.182. The molecule has 42 heavy (non-hydrogen) atoms. The zero-order valence-corrected chi connectivity index (χ0v) is 23.7. The number of benzene rings is 2. The van der Waals surface area contributed by atoms with E-state index < -0.39 is 12.0 Å². The Hall–Kier alpha value is -5.15. The van der Waals surface area contributed by atoms with Gasteiger partial charge in [-0.2, -0.15) is 0 Å². The highest BCUT2D eigenvalue weighted by atomic mass is 16.5. The van der Waals surface area contributed by atoms with Gasteiger partial charge in [0.1, 0.15) is 12.5 Å². The first-order valence-electron chi connectivity index (χ1n) is 13.5. The van der Waals surface area contributed by atoms with E-state index in [1.54, 1.807) is 30.7 Å². The monoisotopic (exact) mass is 560 g/mol. The molecule has 0 bridgehead atoms. The normalized spacial score (nSPS) is 12.0. The second-order valence-electron chi connectivity index (χ2n) is 10.9. The van der Waals surface area contributed by atoms with E-state index in [9.17, 15) is 9.59 Å². The van der Waals surface area contributed by atoms with E-state index in [0.29, 0.717) is 16.8 Å². The smallest absolute Gasteiger partial charge is 0.407 e. The van der Waals surface area contributed by atoms with Crippen molar-refractivity contribution in [2.24, 2.45) is 5.84 Å². The molecule has 3 aromatic heterocycles. The van der Waals surface area contributed by atoms with Gasteiger partial charge in [0.2, 0.25) is 5.91 Å². The maximum absolute atomic E-state index is 13.0. The number of rotatable bonds is 7. The number of hydrazine groups is 1. The number of fused-ring (bicyclic) bond motifs is 1. The molecule has 2 amide bonds. The van der Waals surface area contributed by atoms with E-state index in [4.69, 9.17) is 15.6 Å². The molecule has 9 heteroatoms. The van der Waals surface area contributed by atoms with Crippen LogP contribution < -0.4 is 16.6 Å². The van der Waals surface area contributed by atoms with E-state index >= 15 is 0 Å². The van der Waals surface area contributed by atoms with Crippen LogP contribution in [-0.2, 0) is 16.1 Å². The molecular weight excluding hydrogens is 528 g/mol. The van der Waals surface area contributed by atoms with E-state index in [2.05, 4.69) is 20.7 Å². The van der Waals surface area contributed by atoms with Gasteiger partial charge in [-0.15, -0.1) is 0 Å². The number of carbonyl (C=O) groups is 2.